The van der Waals surface area contributed by atoms with E-state index in [1.807, 2.05) is 6.92 Å². The lowest BCUT2D eigenvalue weighted by Crippen LogP contribution is -2.67. The van der Waals surface area contributed by atoms with Crippen LogP contribution < -0.4 is 0 Å². The van der Waals surface area contributed by atoms with Crippen LogP contribution in [0.5, 0.6) is 0 Å². The summed E-state index contributed by atoms with van der Waals surface area (Å²) in [5.41, 5.74) is -5.94. The number of hydrogen-bond acceptors (Lipinski definition) is 5. The molecule has 0 aliphatic heterocycles. The van der Waals surface area contributed by atoms with Gasteiger partial charge in [-0.15, -0.1) is 0 Å². The molecule has 4 saturated carbocycles. The van der Waals surface area contributed by atoms with Crippen LogP contribution in [0, 0.1) is 51.7 Å². The smallest absolute Gasteiger partial charge is 0.378 e. The third-order valence-electron chi connectivity index (χ3n) is 17.1. The molecular formula is C51H88F9N2O3P. The van der Waals surface area contributed by atoms with Crippen LogP contribution in [0.15, 0.2) is 0 Å². The Bertz CT molecular complexity index is 1370. The average molecular weight is 979 g/mol. The maximum atomic E-state index is 13.4. The van der Waals surface area contributed by atoms with Crippen LogP contribution in [0.1, 0.15) is 203 Å². The fraction of sp³-hybridized carbons (Fsp3) is 0.980. The molecule has 0 aromatic rings. The Morgan fingerprint density at radius 2 is 1.14 bits per heavy atom. The molecule has 0 amide bonds. The van der Waals surface area contributed by atoms with Crippen molar-refractivity contribution < 1.29 is 53.5 Å². The lowest BCUT2D eigenvalue weighted by molar-refractivity contribution is -0.457. The molecule has 0 aromatic carbocycles. The molecule has 5 nitrogen and oxygen atoms in total. The monoisotopic (exact) mass is 979 g/mol. The zero-order chi connectivity index (χ0) is 49.0. The van der Waals surface area contributed by atoms with Crippen LogP contribution in [0.3, 0.4) is 0 Å². The molecule has 0 saturated heterocycles. The van der Waals surface area contributed by atoms with Crippen LogP contribution in [0.2, 0.25) is 0 Å². The van der Waals surface area contributed by atoms with Crippen LogP contribution in [-0.4, -0.2) is 79.2 Å². The molecule has 388 valence electrons. The predicted octanol–water partition coefficient (Wildman–Crippen LogP) is 17.1. The third kappa shape index (κ3) is 14.3. The highest BCUT2D eigenvalue weighted by molar-refractivity contribution is 7.50. The van der Waals surface area contributed by atoms with E-state index < -0.39 is 39.0 Å². The highest BCUT2D eigenvalue weighted by Crippen LogP contribution is 2.68. The fourth-order valence-electron chi connectivity index (χ4n) is 13.8. The first-order chi connectivity index (χ1) is 31.0. The van der Waals surface area contributed by atoms with Gasteiger partial charge in [-0.3, -0.25) is 4.67 Å². The summed E-state index contributed by atoms with van der Waals surface area (Å²) >= 11 is 0. The van der Waals surface area contributed by atoms with Crippen LogP contribution in [-0.2, 0) is 14.0 Å². The lowest BCUT2D eigenvalue weighted by atomic mass is 9.44. The summed E-state index contributed by atoms with van der Waals surface area (Å²) in [5, 5.41) is 7.46. The summed E-state index contributed by atoms with van der Waals surface area (Å²) in [6.45, 7) is 16.1. The highest BCUT2D eigenvalue weighted by Gasteiger charge is 2.85. The molecule has 0 aromatic heterocycles. The number of nitrogens with one attached hydrogen (secondary N) is 1. The molecule has 10 atom stereocenters. The molecule has 1 unspecified atom stereocenters. The Balaban J connectivity index is 1.07. The van der Waals surface area contributed by atoms with E-state index >= 15 is 0 Å². The van der Waals surface area contributed by atoms with Crippen molar-refractivity contribution in [2.24, 2.45) is 46.3 Å². The summed E-state index contributed by atoms with van der Waals surface area (Å²) in [4.78, 5) is 0. The number of ether oxygens (including phenoxy) is 2. The fourth-order valence-corrected chi connectivity index (χ4v) is 16.0. The van der Waals surface area contributed by atoms with Gasteiger partial charge >= 0.3 is 24.1 Å². The number of hydrogen-bond donors (Lipinski definition) is 1. The summed E-state index contributed by atoms with van der Waals surface area (Å²) < 4.78 is 139. The van der Waals surface area contributed by atoms with Gasteiger partial charge in [-0.2, -0.15) is 39.5 Å². The van der Waals surface area contributed by atoms with Gasteiger partial charge in [0, 0.05) is 31.5 Å². The van der Waals surface area contributed by atoms with Gasteiger partial charge in [0.1, 0.15) is 8.30 Å². The molecular weight excluding hydrogens is 891 g/mol. The van der Waals surface area contributed by atoms with E-state index in [1.165, 1.54) is 89.7 Å². The molecule has 4 fully saturated rings. The number of fused-ring (bicyclic) bond motifs is 5. The number of halogens is 9. The highest BCUT2D eigenvalue weighted by atomic mass is 31.2. The van der Waals surface area contributed by atoms with Crippen LogP contribution in [0.4, 0.5) is 39.5 Å². The predicted molar refractivity (Wildman–Crippen MR) is 249 cm³/mol. The summed E-state index contributed by atoms with van der Waals surface area (Å²) in [7, 11) is -0.648. The molecule has 4 rings (SSSR count). The molecule has 15 heteroatoms. The van der Waals surface area contributed by atoms with Crippen molar-refractivity contribution in [2.75, 3.05) is 26.0 Å². The first-order valence-electron chi connectivity index (χ1n) is 26.1. The maximum Gasteiger partial charge on any atom is 0.435 e. The van der Waals surface area contributed by atoms with E-state index in [1.54, 1.807) is 0 Å². The Morgan fingerprint density at radius 3 is 1.67 bits per heavy atom. The molecule has 0 heterocycles. The Hall–Kier alpha value is -0.690. The van der Waals surface area contributed by atoms with Crippen molar-refractivity contribution in [3.8, 4) is 0 Å². The minimum atomic E-state index is -6.70. The second kappa shape index (κ2) is 25.6. The molecule has 4 aliphatic carbocycles. The number of nitrogens with zero attached hydrogens (tertiary/aromatic N) is 1. The summed E-state index contributed by atoms with van der Waals surface area (Å²) in [6.07, 6.45) is 8.29. The maximum absolute atomic E-state index is 13.4. The van der Waals surface area contributed by atoms with E-state index in [4.69, 9.17) is 14.7 Å². The van der Waals surface area contributed by atoms with Gasteiger partial charge < -0.3 is 19.4 Å². The molecule has 4 aliphatic rings. The van der Waals surface area contributed by atoms with Crippen LogP contribution in [0.25, 0.3) is 0 Å². The number of rotatable bonds is 29. The average Bonchev–Trinajstić information content (AvgIpc) is 3.58. The number of unbranched alkanes of at least 4 members (excludes halogenated alkanes) is 11. The standard InChI is InChI=1S/C51H88F9N2O3P/c1-37(2)62(38(3)4)66(35-21-31-61)65-34-19-17-15-13-11-9-8-10-12-14-16-18-32-63-41-27-29-46(6)40(36-41)23-24-42-44-26-25-43(47(44,7)30-28-45(42)46)39(5)22-20-33-64-48(49(52,53)54,50(55,56)57)51(58,59)60/h31,37-45,61H,8-30,32-36H2,1-7H3/t39-,40-,41-,42+,43-,44+,45+,46+,47-,66?/m1/s1. The first kappa shape index (κ1) is 57.9. The van der Waals surface area contributed by atoms with Gasteiger partial charge in [-0.05, 0) is 170 Å². The van der Waals surface area contributed by atoms with Crippen molar-refractivity contribution in [3.05, 3.63) is 0 Å². The van der Waals surface area contributed by atoms with Gasteiger partial charge in [-0.25, -0.2) is 0 Å². The van der Waals surface area contributed by atoms with Gasteiger partial charge in [0.2, 0.25) is 0 Å². The second-order valence-corrected chi connectivity index (χ2v) is 23.9. The SMILES string of the molecule is CC(C)N(C(C)C)P(CCC=N)OCCCCCCCCCCCCCCO[C@@H]1CC[C@@]2(C)[C@H](CC[C@@H]3[C@@H]2CC[C@]2(C)[C@@H]([C@H](C)CCCOC(C(F)(F)F)(C(F)(F)F)C(F)(F)F)CC[C@@H]32)C1. The van der Waals surface area contributed by atoms with Gasteiger partial charge in [-0.1, -0.05) is 85.0 Å². The minimum absolute atomic E-state index is 0.00716. The Labute approximate surface area is 394 Å². The van der Waals surface area contributed by atoms with Crippen molar-refractivity contribution in [1.29, 1.82) is 5.41 Å². The van der Waals surface area contributed by atoms with Gasteiger partial charge in [0.25, 0.3) is 0 Å². The second-order valence-electron chi connectivity index (χ2n) is 22.0. The normalized spacial score (nSPS) is 29.6. The molecule has 1 N–H and O–H groups in total. The van der Waals surface area contributed by atoms with Crippen LogP contribution >= 0.6 is 8.30 Å². The van der Waals surface area contributed by atoms with E-state index in [0.717, 1.165) is 77.2 Å². The largest absolute Gasteiger partial charge is 0.435 e. The quantitative estimate of drug-likeness (QED) is 0.0351. The zero-order valence-electron chi connectivity index (χ0n) is 41.6. The first-order valence-corrected chi connectivity index (χ1v) is 27.5. The molecule has 66 heavy (non-hydrogen) atoms. The van der Waals surface area contributed by atoms with E-state index in [9.17, 15) is 39.5 Å². The third-order valence-corrected chi connectivity index (χ3v) is 19.7. The molecule has 0 radical (unpaired) electrons. The van der Waals surface area contributed by atoms with Crippen molar-refractivity contribution in [3.63, 3.8) is 0 Å². The topological polar surface area (TPSA) is 54.8 Å². The Kier molecular flexibility index (Phi) is 22.5. The minimum Gasteiger partial charge on any atom is -0.378 e. The lowest BCUT2D eigenvalue weighted by Gasteiger charge is -2.61. The van der Waals surface area contributed by atoms with E-state index in [0.29, 0.717) is 41.9 Å². The van der Waals surface area contributed by atoms with Gasteiger partial charge in [0.15, 0.2) is 0 Å². The van der Waals surface area contributed by atoms with Crippen molar-refractivity contribution in [2.45, 2.75) is 245 Å². The van der Waals surface area contributed by atoms with E-state index in [-0.39, 0.29) is 35.5 Å². The van der Waals surface area contributed by atoms with E-state index in [2.05, 4.69) is 50.9 Å². The van der Waals surface area contributed by atoms with Gasteiger partial charge in [0.05, 0.1) is 12.7 Å². The number of alkyl halides is 9. The summed E-state index contributed by atoms with van der Waals surface area (Å²) in [6, 6.07) is 0.891. The van der Waals surface area contributed by atoms with Crippen molar-refractivity contribution in [1.82, 2.24) is 4.67 Å². The Morgan fingerprint density at radius 1 is 0.621 bits per heavy atom. The zero-order valence-corrected chi connectivity index (χ0v) is 42.5. The molecule has 0 bridgehead atoms. The summed E-state index contributed by atoms with van der Waals surface area (Å²) in [5.74, 6) is 2.49. The van der Waals surface area contributed by atoms with Crippen molar-refractivity contribution >= 4 is 14.5 Å². The molecule has 0 spiro atoms.